The Labute approximate surface area is 110 Å². The lowest BCUT2D eigenvalue weighted by Gasteiger charge is -1.96. The van der Waals surface area contributed by atoms with Crippen molar-refractivity contribution >= 4 is 43.8 Å². The summed E-state index contributed by atoms with van der Waals surface area (Å²) in [4.78, 5) is 16.5. The summed E-state index contributed by atoms with van der Waals surface area (Å²) in [5.74, 6) is -0.515. The third kappa shape index (κ3) is 2.12. The normalized spacial score (nSPS) is 10.7. The summed E-state index contributed by atoms with van der Waals surface area (Å²) in [6.07, 6.45) is 1.63. The molecule has 3 aromatic rings. The van der Waals surface area contributed by atoms with Crippen LogP contribution >= 0.6 is 22.7 Å². The molecule has 1 aromatic carbocycles. The van der Waals surface area contributed by atoms with Crippen molar-refractivity contribution in [2.75, 3.05) is 5.32 Å². The SMILES string of the molecule is O=C(Nc1nccs1)c1cc2cc(F)ccc2s1. The van der Waals surface area contributed by atoms with Crippen LogP contribution in [0.2, 0.25) is 0 Å². The number of amides is 1. The minimum Gasteiger partial charge on any atom is -0.297 e. The molecule has 0 radical (unpaired) electrons. The first kappa shape index (κ1) is 11.3. The molecular formula is C12H7FN2OS2. The highest BCUT2D eigenvalue weighted by Gasteiger charge is 2.11. The molecule has 1 amide bonds. The van der Waals surface area contributed by atoms with Crippen molar-refractivity contribution in [3.63, 3.8) is 0 Å². The largest absolute Gasteiger partial charge is 0.297 e. The molecule has 0 aliphatic heterocycles. The molecule has 0 saturated heterocycles. The Morgan fingerprint density at radius 3 is 3.00 bits per heavy atom. The first-order valence-electron chi connectivity index (χ1n) is 5.12. The maximum Gasteiger partial charge on any atom is 0.267 e. The van der Waals surface area contributed by atoms with E-state index >= 15 is 0 Å². The van der Waals surface area contributed by atoms with Crippen molar-refractivity contribution in [3.8, 4) is 0 Å². The Balaban J connectivity index is 1.92. The molecule has 0 bridgehead atoms. The van der Waals surface area contributed by atoms with Gasteiger partial charge in [0.15, 0.2) is 5.13 Å². The predicted octanol–water partition coefficient (Wildman–Crippen LogP) is 3.75. The number of hydrogen-bond donors (Lipinski definition) is 1. The average Bonchev–Trinajstić information content (AvgIpc) is 2.96. The van der Waals surface area contributed by atoms with E-state index in [1.807, 2.05) is 0 Å². The standard InChI is InChI=1S/C12H7FN2OS2/c13-8-1-2-9-7(5-8)6-10(18-9)11(16)15-12-14-3-4-17-12/h1-6H,(H,14,15,16). The molecule has 3 nitrogen and oxygen atoms in total. The third-order valence-corrected chi connectivity index (χ3v) is 4.16. The topological polar surface area (TPSA) is 42.0 Å². The molecule has 3 rings (SSSR count). The molecule has 0 aliphatic carbocycles. The van der Waals surface area contributed by atoms with Gasteiger partial charge >= 0.3 is 0 Å². The summed E-state index contributed by atoms with van der Waals surface area (Å²) in [7, 11) is 0. The number of hydrogen-bond acceptors (Lipinski definition) is 4. The number of nitrogens with zero attached hydrogens (tertiary/aromatic N) is 1. The molecule has 1 N–H and O–H groups in total. The zero-order valence-electron chi connectivity index (χ0n) is 9.01. The van der Waals surface area contributed by atoms with Crippen LogP contribution in [0.25, 0.3) is 10.1 Å². The summed E-state index contributed by atoms with van der Waals surface area (Å²) in [6.45, 7) is 0. The molecule has 0 aliphatic rings. The van der Waals surface area contributed by atoms with Crippen LogP contribution in [-0.2, 0) is 0 Å². The smallest absolute Gasteiger partial charge is 0.267 e. The maximum absolute atomic E-state index is 13.0. The molecule has 0 unspecified atom stereocenters. The first-order chi connectivity index (χ1) is 8.72. The number of fused-ring (bicyclic) bond motifs is 1. The summed E-state index contributed by atoms with van der Waals surface area (Å²) < 4.78 is 13.9. The van der Waals surface area contributed by atoms with E-state index < -0.39 is 0 Å². The molecule has 0 atom stereocenters. The monoisotopic (exact) mass is 278 g/mol. The van der Waals surface area contributed by atoms with Crippen LogP contribution in [0.4, 0.5) is 9.52 Å². The number of carbonyl (C=O) groups excluding carboxylic acids is 1. The van der Waals surface area contributed by atoms with Gasteiger partial charge in [-0.05, 0) is 29.7 Å². The van der Waals surface area contributed by atoms with Gasteiger partial charge in [-0.3, -0.25) is 10.1 Å². The van der Waals surface area contributed by atoms with Gasteiger partial charge in [0.05, 0.1) is 4.88 Å². The minimum atomic E-state index is -0.299. The lowest BCUT2D eigenvalue weighted by molar-refractivity contribution is 0.103. The van der Waals surface area contributed by atoms with Gasteiger partial charge < -0.3 is 0 Å². The number of rotatable bonds is 2. The number of thiophene rings is 1. The second kappa shape index (κ2) is 4.47. The van der Waals surface area contributed by atoms with Crippen molar-refractivity contribution in [1.82, 2.24) is 4.98 Å². The van der Waals surface area contributed by atoms with Crippen LogP contribution in [-0.4, -0.2) is 10.9 Å². The highest BCUT2D eigenvalue weighted by molar-refractivity contribution is 7.21. The van der Waals surface area contributed by atoms with E-state index in [-0.39, 0.29) is 11.7 Å². The van der Waals surface area contributed by atoms with E-state index in [0.29, 0.717) is 10.0 Å². The molecule has 0 saturated carbocycles. The molecule has 2 heterocycles. The van der Waals surface area contributed by atoms with Crippen LogP contribution in [0.3, 0.4) is 0 Å². The summed E-state index contributed by atoms with van der Waals surface area (Å²) >= 11 is 2.69. The summed E-state index contributed by atoms with van der Waals surface area (Å²) in [6, 6.07) is 6.18. The van der Waals surface area contributed by atoms with Gasteiger partial charge in [0, 0.05) is 16.3 Å². The molecule has 0 fully saturated rings. The summed E-state index contributed by atoms with van der Waals surface area (Å²) in [5.41, 5.74) is 0. The van der Waals surface area contributed by atoms with E-state index in [1.165, 1.54) is 34.8 Å². The van der Waals surface area contributed by atoms with Crippen molar-refractivity contribution in [1.29, 1.82) is 0 Å². The number of thiazole rings is 1. The van der Waals surface area contributed by atoms with Crippen LogP contribution in [0, 0.1) is 5.82 Å². The second-order valence-electron chi connectivity index (χ2n) is 3.58. The van der Waals surface area contributed by atoms with Gasteiger partial charge in [-0.15, -0.1) is 22.7 Å². The van der Waals surface area contributed by atoms with E-state index in [1.54, 1.807) is 23.7 Å². The highest BCUT2D eigenvalue weighted by Crippen LogP contribution is 2.27. The molecule has 2 aromatic heterocycles. The number of halogens is 1. The van der Waals surface area contributed by atoms with E-state index in [4.69, 9.17) is 0 Å². The number of carbonyl (C=O) groups is 1. The van der Waals surface area contributed by atoms with Crippen molar-refractivity contribution in [3.05, 3.63) is 46.5 Å². The van der Waals surface area contributed by atoms with Gasteiger partial charge in [0.25, 0.3) is 5.91 Å². The first-order valence-corrected chi connectivity index (χ1v) is 6.82. The average molecular weight is 278 g/mol. The molecule has 18 heavy (non-hydrogen) atoms. The van der Waals surface area contributed by atoms with Gasteiger partial charge in [-0.1, -0.05) is 0 Å². The van der Waals surface area contributed by atoms with E-state index in [9.17, 15) is 9.18 Å². The lowest BCUT2D eigenvalue weighted by Crippen LogP contribution is -2.09. The van der Waals surface area contributed by atoms with Crippen molar-refractivity contribution in [2.24, 2.45) is 0 Å². The summed E-state index contributed by atoms with van der Waals surface area (Å²) in [5, 5.41) is 5.79. The Morgan fingerprint density at radius 2 is 2.22 bits per heavy atom. The van der Waals surface area contributed by atoms with Crippen LogP contribution in [0.15, 0.2) is 35.8 Å². The minimum absolute atomic E-state index is 0.216. The quantitative estimate of drug-likeness (QED) is 0.775. The maximum atomic E-state index is 13.0. The van der Waals surface area contributed by atoms with Crippen molar-refractivity contribution in [2.45, 2.75) is 0 Å². The zero-order valence-corrected chi connectivity index (χ0v) is 10.6. The molecule has 0 spiro atoms. The van der Waals surface area contributed by atoms with Gasteiger partial charge in [-0.2, -0.15) is 0 Å². The van der Waals surface area contributed by atoms with Crippen LogP contribution in [0.5, 0.6) is 0 Å². The third-order valence-electron chi connectivity index (χ3n) is 2.35. The van der Waals surface area contributed by atoms with E-state index in [2.05, 4.69) is 10.3 Å². The Kier molecular flexibility index (Phi) is 2.81. The number of anilines is 1. The van der Waals surface area contributed by atoms with Gasteiger partial charge in [0.2, 0.25) is 0 Å². The number of aromatic nitrogens is 1. The zero-order chi connectivity index (χ0) is 12.5. The van der Waals surface area contributed by atoms with Crippen LogP contribution in [0.1, 0.15) is 9.67 Å². The fourth-order valence-corrected chi connectivity index (χ4v) is 3.03. The molecular weight excluding hydrogens is 271 g/mol. The molecule has 90 valence electrons. The fourth-order valence-electron chi connectivity index (χ4n) is 1.57. The second-order valence-corrected chi connectivity index (χ2v) is 5.56. The fraction of sp³-hybridized carbons (Fsp3) is 0. The Morgan fingerprint density at radius 1 is 1.33 bits per heavy atom. The van der Waals surface area contributed by atoms with E-state index in [0.717, 1.165) is 10.1 Å². The van der Waals surface area contributed by atoms with Gasteiger partial charge in [-0.25, -0.2) is 9.37 Å². The van der Waals surface area contributed by atoms with Crippen molar-refractivity contribution < 1.29 is 9.18 Å². The number of nitrogens with one attached hydrogen (secondary N) is 1. The Bertz CT molecular complexity index is 706. The lowest BCUT2D eigenvalue weighted by atomic mass is 10.2. The molecule has 6 heteroatoms. The van der Waals surface area contributed by atoms with Gasteiger partial charge in [0.1, 0.15) is 5.82 Å². The Hall–Kier alpha value is -1.79. The van der Waals surface area contributed by atoms with Crippen LogP contribution < -0.4 is 5.32 Å². The predicted molar refractivity (Wildman–Crippen MR) is 71.9 cm³/mol. The highest BCUT2D eigenvalue weighted by atomic mass is 32.1. The number of benzene rings is 1.